The Morgan fingerprint density at radius 1 is 0.947 bits per heavy atom. The summed E-state index contributed by atoms with van der Waals surface area (Å²) in [7, 11) is 1.65. The standard InChI is InChI=1S/C32H45N3O3/c1-25(2)22-29-30(36)35(24-27-15-11-16-28(23-27)38-3)32(31(37)33-29)17-20-34(21-18-32)19-10-5-4-7-12-26-13-8-6-9-14-26/h6,8-9,11,13-16,23,25,29H,4-5,7,10,12,17-22,24H2,1-3H3,(H,33,37)/t29-/m0/s1. The van der Waals surface area contributed by atoms with Crippen LogP contribution in [0.15, 0.2) is 54.6 Å². The van der Waals surface area contributed by atoms with Crippen molar-refractivity contribution in [3.8, 4) is 5.75 Å². The van der Waals surface area contributed by atoms with Crippen molar-refractivity contribution in [2.75, 3.05) is 26.7 Å². The zero-order valence-corrected chi connectivity index (χ0v) is 23.5. The van der Waals surface area contributed by atoms with Gasteiger partial charge in [-0.25, -0.2) is 0 Å². The number of hydrogen-bond donors (Lipinski definition) is 1. The Balaban J connectivity index is 1.34. The van der Waals surface area contributed by atoms with Crippen LogP contribution in [-0.2, 0) is 22.6 Å². The second-order valence-corrected chi connectivity index (χ2v) is 11.5. The Morgan fingerprint density at radius 2 is 1.66 bits per heavy atom. The third-order valence-corrected chi connectivity index (χ3v) is 8.21. The second-order valence-electron chi connectivity index (χ2n) is 11.5. The van der Waals surface area contributed by atoms with Crippen LogP contribution in [0.2, 0.25) is 0 Å². The van der Waals surface area contributed by atoms with Gasteiger partial charge in [-0.1, -0.05) is 69.2 Å². The highest BCUT2D eigenvalue weighted by Crippen LogP contribution is 2.35. The van der Waals surface area contributed by atoms with Gasteiger partial charge in [0.1, 0.15) is 17.3 Å². The third-order valence-electron chi connectivity index (χ3n) is 8.21. The molecule has 1 spiro atoms. The van der Waals surface area contributed by atoms with Gasteiger partial charge in [0.25, 0.3) is 0 Å². The van der Waals surface area contributed by atoms with E-state index in [0.717, 1.165) is 37.4 Å². The number of carbonyl (C=O) groups excluding carboxylic acids is 2. The normalized spacial score (nSPS) is 19.7. The molecule has 2 aromatic carbocycles. The van der Waals surface area contributed by atoms with E-state index in [4.69, 9.17) is 4.74 Å². The molecular weight excluding hydrogens is 474 g/mol. The number of nitrogens with zero attached hydrogens (tertiary/aromatic N) is 2. The maximum atomic E-state index is 13.8. The number of amides is 2. The maximum Gasteiger partial charge on any atom is 0.246 e. The van der Waals surface area contributed by atoms with Crippen molar-refractivity contribution >= 4 is 11.8 Å². The fourth-order valence-electron chi connectivity index (χ4n) is 6.00. The molecule has 4 rings (SSSR count). The van der Waals surface area contributed by atoms with Gasteiger partial charge in [-0.15, -0.1) is 0 Å². The summed E-state index contributed by atoms with van der Waals surface area (Å²) >= 11 is 0. The molecule has 2 aliphatic heterocycles. The number of nitrogens with one attached hydrogen (secondary N) is 1. The summed E-state index contributed by atoms with van der Waals surface area (Å²) in [5.74, 6) is 1.16. The predicted octanol–water partition coefficient (Wildman–Crippen LogP) is 5.21. The molecule has 0 aromatic heterocycles. The molecule has 206 valence electrons. The van der Waals surface area contributed by atoms with Crippen LogP contribution in [0.1, 0.15) is 69.9 Å². The molecule has 1 N–H and O–H groups in total. The highest BCUT2D eigenvalue weighted by Gasteiger charge is 2.53. The lowest BCUT2D eigenvalue weighted by Crippen LogP contribution is -2.72. The highest BCUT2D eigenvalue weighted by molar-refractivity contribution is 6.00. The number of aryl methyl sites for hydroxylation is 1. The van der Waals surface area contributed by atoms with Gasteiger partial charge in [0, 0.05) is 19.6 Å². The van der Waals surface area contributed by atoms with Crippen molar-refractivity contribution in [3.63, 3.8) is 0 Å². The zero-order valence-electron chi connectivity index (χ0n) is 23.5. The van der Waals surface area contributed by atoms with Gasteiger partial charge < -0.3 is 19.9 Å². The topological polar surface area (TPSA) is 61.9 Å². The largest absolute Gasteiger partial charge is 0.497 e. The van der Waals surface area contributed by atoms with Crippen LogP contribution in [0.3, 0.4) is 0 Å². The fraction of sp³-hybridized carbons (Fsp3) is 0.562. The first-order valence-corrected chi connectivity index (χ1v) is 14.4. The second kappa shape index (κ2) is 13.3. The highest BCUT2D eigenvalue weighted by atomic mass is 16.5. The first-order chi connectivity index (χ1) is 18.4. The lowest BCUT2D eigenvalue weighted by Gasteiger charge is -2.52. The van der Waals surface area contributed by atoms with E-state index in [2.05, 4.69) is 54.4 Å². The predicted molar refractivity (Wildman–Crippen MR) is 152 cm³/mol. The minimum atomic E-state index is -0.778. The number of piperidine rings is 1. The molecule has 2 saturated heterocycles. The number of rotatable bonds is 12. The number of benzene rings is 2. The summed E-state index contributed by atoms with van der Waals surface area (Å²) in [5.41, 5.74) is 1.64. The van der Waals surface area contributed by atoms with Gasteiger partial charge in [-0.3, -0.25) is 9.59 Å². The molecule has 2 heterocycles. The summed E-state index contributed by atoms with van der Waals surface area (Å²) in [5, 5.41) is 3.12. The summed E-state index contributed by atoms with van der Waals surface area (Å²) < 4.78 is 5.41. The maximum absolute atomic E-state index is 13.8. The van der Waals surface area contributed by atoms with Crippen LogP contribution < -0.4 is 10.1 Å². The molecule has 6 heteroatoms. The molecule has 2 aromatic rings. The van der Waals surface area contributed by atoms with Crippen LogP contribution in [0.5, 0.6) is 5.75 Å². The van der Waals surface area contributed by atoms with Gasteiger partial charge in [0.15, 0.2) is 0 Å². The third kappa shape index (κ3) is 6.96. The number of hydrogen-bond acceptors (Lipinski definition) is 4. The zero-order chi connectivity index (χ0) is 27.0. The van der Waals surface area contributed by atoms with E-state index in [1.807, 2.05) is 29.2 Å². The minimum absolute atomic E-state index is 0.0196. The SMILES string of the molecule is COc1cccc(CN2C(=O)[C@H](CC(C)C)NC(=O)C23CCN(CCCCCCc2ccccc2)CC3)c1. The first-order valence-electron chi connectivity index (χ1n) is 14.4. The van der Waals surface area contributed by atoms with E-state index in [9.17, 15) is 9.59 Å². The Morgan fingerprint density at radius 3 is 2.37 bits per heavy atom. The van der Waals surface area contributed by atoms with Gasteiger partial charge in [-0.05, 0) is 74.2 Å². The smallest absolute Gasteiger partial charge is 0.246 e. The molecule has 2 amide bonds. The molecule has 0 aliphatic carbocycles. The summed E-state index contributed by atoms with van der Waals surface area (Å²) in [6.07, 6.45) is 8.04. The quantitative estimate of drug-likeness (QED) is 0.391. The first kappa shape index (κ1) is 28.2. The number of carbonyl (C=O) groups is 2. The molecule has 2 aliphatic rings. The van der Waals surface area contributed by atoms with Crippen LogP contribution in [0.4, 0.5) is 0 Å². The molecule has 2 fully saturated rings. The van der Waals surface area contributed by atoms with Crippen LogP contribution in [-0.4, -0.2) is 59.9 Å². The Labute approximate surface area is 228 Å². The molecule has 6 nitrogen and oxygen atoms in total. The molecule has 0 bridgehead atoms. The van der Waals surface area contributed by atoms with Crippen molar-refractivity contribution in [3.05, 3.63) is 65.7 Å². The van der Waals surface area contributed by atoms with Gasteiger partial charge in [-0.2, -0.15) is 0 Å². The summed E-state index contributed by atoms with van der Waals surface area (Å²) in [4.78, 5) is 31.8. The number of unbranched alkanes of at least 4 members (excludes halogenated alkanes) is 3. The Kier molecular flexibility index (Phi) is 9.84. The lowest BCUT2D eigenvalue weighted by molar-refractivity contribution is -0.162. The average Bonchev–Trinajstić information content (AvgIpc) is 2.93. The molecule has 0 unspecified atom stereocenters. The number of piperazine rings is 1. The Bertz CT molecular complexity index is 1050. The molecule has 38 heavy (non-hydrogen) atoms. The molecule has 0 radical (unpaired) electrons. The monoisotopic (exact) mass is 519 g/mol. The number of ether oxygens (including phenoxy) is 1. The number of likely N-dealkylation sites (tertiary alicyclic amines) is 1. The van der Waals surface area contributed by atoms with Crippen molar-refractivity contribution in [1.29, 1.82) is 0 Å². The van der Waals surface area contributed by atoms with E-state index < -0.39 is 11.6 Å². The van der Waals surface area contributed by atoms with E-state index in [-0.39, 0.29) is 11.8 Å². The van der Waals surface area contributed by atoms with Gasteiger partial charge in [0.2, 0.25) is 11.8 Å². The van der Waals surface area contributed by atoms with Gasteiger partial charge in [0.05, 0.1) is 7.11 Å². The number of methoxy groups -OCH3 is 1. The van der Waals surface area contributed by atoms with E-state index in [0.29, 0.717) is 31.7 Å². The van der Waals surface area contributed by atoms with Crippen molar-refractivity contribution in [2.24, 2.45) is 5.92 Å². The summed E-state index contributed by atoms with van der Waals surface area (Å²) in [6.45, 7) is 7.36. The molecular formula is C32H45N3O3. The average molecular weight is 520 g/mol. The fourth-order valence-corrected chi connectivity index (χ4v) is 6.00. The lowest BCUT2D eigenvalue weighted by atomic mass is 9.80. The molecule has 0 saturated carbocycles. The van der Waals surface area contributed by atoms with E-state index in [1.165, 1.54) is 31.2 Å². The van der Waals surface area contributed by atoms with Crippen LogP contribution in [0.25, 0.3) is 0 Å². The van der Waals surface area contributed by atoms with E-state index >= 15 is 0 Å². The molecule has 1 atom stereocenters. The van der Waals surface area contributed by atoms with Crippen molar-refractivity contribution in [1.82, 2.24) is 15.1 Å². The van der Waals surface area contributed by atoms with Crippen LogP contribution >= 0.6 is 0 Å². The summed E-state index contributed by atoms with van der Waals surface area (Å²) in [6, 6.07) is 18.1. The van der Waals surface area contributed by atoms with Crippen molar-refractivity contribution < 1.29 is 14.3 Å². The van der Waals surface area contributed by atoms with E-state index in [1.54, 1.807) is 7.11 Å². The van der Waals surface area contributed by atoms with Crippen LogP contribution in [0, 0.1) is 5.92 Å². The van der Waals surface area contributed by atoms with Crippen molar-refractivity contribution in [2.45, 2.75) is 83.3 Å². The van der Waals surface area contributed by atoms with Gasteiger partial charge >= 0.3 is 0 Å². The minimum Gasteiger partial charge on any atom is -0.497 e. The Hall–Kier alpha value is -2.86.